The van der Waals surface area contributed by atoms with Crippen LogP contribution in [0.15, 0.2) is 60.9 Å². The number of hydrogen-bond acceptors (Lipinski definition) is 6. The molecule has 0 aliphatic carbocycles. The molecule has 2 aromatic carbocycles. The predicted octanol–water partition coefficient (Wildman–Crippen LogP) is 3.30. The second kappa shape index (κ2) is 10.0. The molecule has 1 aliphatic heterocycles. The molecule has 1 aliphatic rings. The highest BCUT2D eigenvalue weighted by molar-refractivity contribution is 5.96. The third-order valence-electron chi connectivity index (χ3n) is 5.32. The fourth-order valence-electron chi connectivity index (χ4n) is 3.69. The van der Waals surface area contributed by atoms with Crippen molar-refractivity contribution in [2.75, 3.05) is 25.0 Å². The van der Waals surface area contributed by atoms with Crippen LogP contribution in [-0.4, -0.2) is 51.5 Å². The Morgan fingerprint density at radius 3 is 2.38 bits per heavy atom. The van der Waals surface area contributed by atoms with Gasteiger partial charge in [0, 0.05) is 35.8 Å². The molecular weight excluding hydrogens is 406 g/mol. The number of hydrogen-bond donors (Lipinski definition) is 3. The van der Waals surface area contributed by atoms with Gasteiger partial charge in [0.05, 0.1) is 0 Å². The number of amides is 1. The molecule has 0 unspecified atom stereocenters. The number of likely N-dealkylation sites (tertiary alicyclic amines) is 1. The number of carbonyl (C=O) groups excluding carboxylic acids is 1. The maximum Gasteiger partial charge on any atom is 0.322 e. The molecule has 4 rings (SSSR count). The number of benzene rings is 2. The van der Waals surface area contributed by atoms with Crippen LogP contribution < -0.4 is 10.6 Å². The molecule has 32 heavy (non-hydrogen) atoms. The summed E-state index contributed by atoms with van der Waals surface area (Å²) in [5.74, 6) is -1.00. The van der Waals surface area contributed by atoms with E-state index >= 15 is 0 Å². The zero-order valence-corrected chi connectivity index (χ0v) is 17.6. The van der Waals surface area contributed by atoms with E-state index in [9.17, 15) is 9.59 Å². The standard InChI is InChI=1S/C24H25N5O3/c30-22(31)15-25-23(32)19-8-6-18(7-9-19)20-13-26-24(27-14-20)28-21-5-3-4-17(12-21)16-29-10-1-2-11-29/h3-9,12-14H,1-2,10-11,15-16H2,(H,25,32)(H,30,31)(H,26,27,28). The maximum absolute atomic E-state index is 11.9. The van der Waals surface area contributed by atoms with Gasteiger partial charge in [-0.15, -0.1) is 0 Å². The summed E-state index contributed by atoms with van der Waals surface area (Å²) < 4.78 is 0. The second-order valence-corrected chi connectivity index (χ2v) is 7.76. The monoisotopic (exact) mass is 431 g/mol. The number of carboxylic acids is 1. The Hall–Kier alpha value is -3.78. The Balaban J connectivity index is 1.38. The first-order valence-corrected chi connectivity index (χ1v) is 10.6. The number of nitrogens with one attached hydrogen (secondary N) is 2. The van der Waals surface area contributed by atoms with E-state index in [1.54, 1.807) is 36.7 Å². The smallest absolute Gasteiger partial charge is 0.322 e. The molecule has 0 spiro atoms. The molecule has 0 saturated carbocycles. The quantitative estimate of drug-likeness (QED) is 0.502. The van der Waals surface area contributed by atoms with E-state index < -0.39 is 18.4 Å². The zero-order valence-electron chi connectivity index (χ0n) is 17.6. The Morgan fingerprint density at radius 1 is 0.969 bits per heavy atom. The van der Waals surface area contributed by atoms with Gasteiger partial charge in [-0.2, -0.15) is 0 Å². The minimum absolute atomic E-state index is 0.392. The summed E-state index contributed by atoms with van der Waals surface area (Å²) in [5.41, 5.74) is 4.28. The third kappa shape index (κ3) is 5.67. The first-order chi connectivity index (χ1) is 15.6. The van der Waals surface area contributed by atoms with E-state index in [2.05, 4.69) is 37.6 Å². The molecule has 0 bridgehead atoms. The van der Waals surface area contributed by atoms with Crippen molar-refractivity contribution in [2.45, 2.75) is 19.4 Å². The van der Waals surface area contributed by atoms with Gasteiger partial charge in [-0.3, -0.25) is 14.5 Å². The number of nitrogens with zero attached hydrogens (tertiary/aromatic N) is 3. The van der Waals surface area contributed by atoms with Gasteiger partial charge in [0.2, 0.25) is 5.95 Å². The Bertz CT molecular complexity index is 1080. The average Bonchev–Trinajstić information content (AvgIpc) is 3.31. The minimum atomic E-state index is -1.08. The van der Waals surface area contributed by atoms with E-state index in [0.29, 0.717) is 11.5 Å². The van der Waals surface area contributed by atoms with Gasteiger partial charge in [0.15, 0.2) is 0 Å². The third-order valence-corrected chi connectivity index (χ3v) is 5.32. The van der Waals surface area contributed by atoms with Gasteiger partial charge in [0.1, 0.15) is 6.54 Å². The minimum Gasteiger partial charge on any atom is -0.480 e. The summed E-state index contributed by atoms with van der Waals surface area (Å²) in [6.45, 7) is 2.87. The van der Waals surface area contributed by atoms with E-state index in [-0.39, 0.29) is 0 Å². The van der Waals surface area contributed by atoms with Gasteiger partial charge in [0.25, 0.3) is 5.91 Å². The van der Waals surface area contributed by atoms with Crippen LogP contribution in [-0.2, 0) is 11.3 Å². The van der Waals surface area contributed by atoms with Gasteiger partial charge in [-0.25, -0.2) is 9.97 Å². The SMILES string of the molecule is O=C(O)CNC(=O)c1ccc(-c2cnc(Nc3cccc(CN4CCCC4)c3)nc2)cc1. The number of aliphatic carboxylic acids is 1. The molecule has 164 valence electrons. The van der Waals surface area contributed by atoms with Gasteiger partial charge >= 0.3 is 5.97 Å². The van der Waals surface area contributed by atoms with Gasteiger partial charge in [-0.05, 0) is 61.3 Å². The van der Waals surface area contributed by atoms with Crippen molar-refractivity contribution in [1.29, 1.82) is 0 Å². The molecule has 8 nitrogen and oxygen atoms in total. The number of carboxylic acid groups (broad SMARTS) is 1. The van der Waals surface area contributed by atoms with Crippen LogP contribution in [0.3, 0.4) is 0 Å². The molecule has 2 heterocycles. The summed E-state index contributed by atoms with van der Waals surface area (Å²) in [4.78, 5) is 33.8. The zero-order chi connectivity index (χ0) is 22.3. The summed E-state index contributed by atoms with van der Waals surface area (Å²) in [6, 6.07) is 15.2. The highest BCUT2D eigenvalue weighted by Crippen LogP contribution is 2.21. The fraction of sp³-hybridized carbons (Fsp3) is 0.250. The Morgan fingerprint density at radius 2 is 1.69 bits per heavy atom. The van der Waals surface area contributed by atoms with Crippen molar-refractivity contribution >= 4 is 23.5 Å². The molecule has 1 saturated heterocycles. The second-order valence-electron chi connectivity index (χ2n) is 7.76. The van der Waals surface area contributed by atoms with Crippen molar-refractivity contribution in [3.05, 3.63) is 72.1 Å². The maximum atomic E-state index is 11.9. The summed E-state index contributed by atoms with van der Waals surface area (Å²) in [7, 11) is 0. The van der Waals surface area contributed by atoms with Gasteiger partial charge in [-0.1, -0.05) is 24.3 Å². The first kappa shape index (κ1) is 21.5. The summed E-state index contributed by atoms with van der Waals surface area (Å²) in [5, 5.41) is 14.2. The summed E-state index contributed by atoms with van der Waals surface area (Å²) >= 11 is 0. The molecule has 0 atom stereocenters. The van der Waals surface area contributed by atoms with Crippen molar-refractivity contribution < 1.29 is 14.7 Å². The highest BCUT2D eigenvalue weighted by atomic mass is 16.4. The van der Waals surface area contributed by atoms with Gasteiger partial charge < -0.3 is 15.7 Å². The van der Waals surface area contributed by atoms with E-state index in [4.69, 9.17) is 5.11 Å². The molecular formula is C24H25N5O3. The van der Waals surface area contributed by atoms with Crippen molar-refractivity contribution in [3.8, 4) is 11.1 Å². The lowest BCUT2D eigenvalue weighted by Crippen LogP contribution is -2.29. The van der Waals surface area contributed by atoms with Crippen LogP contribution in [0.25, 0.3) is 11.1 Å². The largest absolute Gasteiger partial charge is 0.480 e. The fourth-order valence-corrected chi connectivity index (χ4v) is 3.69. The number of rotatable bonds is 8. The lowest BCUT2D eigenvalue weighted by Gasteiger charge is -2.15. The molecule has 8 heteroatoms. The molecule has 3 aromatic rings. The van der Waals surface area contributed by atoms with Crippen LogP contribution in [0.1, 0.15) is 28.8 Å². The lowest BCUT2D eigenvalue weighted by atomic mass is 10.1. The Labute approximate surface area is 186 Å². The molecule has 1 aromatic heterocycles. The molecule has 1 fully saturated rings. The summed E-state index contributed by atoms with van der Waals surface area (Å²) in [6.07, 6.45) is 6.00. The Kier molecular flexibility index (Phi) is 6.72. The molecule has 1 amide bonds. The number of aromatic nitrogens is 2. The van der Waals surface area contributed by atoms with E-state index in [1.165, 1.54) is 18.4 Å². The van der Waals surface area contributed by atoms with Crippen molar-refractivity contribution in [3.63, 3.8) is 0 Å². The lowest BCUT2D eigenvalue weighted by molar-refractivity contribution is -0.135. The first-order valence-electron chi connectivity index (χ1n) is 10.6. The van der Waals surface area contributed by atoms with E-state index in [1.807, 2.05) is 12.1 Å². The average molecular weight is 431 g/mol. The van der Waals surface area contributed by atoms with Crippen LogP contribution in [0.4, 0.5) is 11.6 Å². The number of anilines is 2. The molecule has 3 N–H and O–H groups in total. The predicted molar refractivity (Wildman–Crippen MR) is 122 cm³/mol. The van der Waals surface area contributed by atoms with Crippen LogP contribution in [0.5, 0.6) is 0 Å². The van der Waals surface area contributed by atoms with E-state index in [0.717, 1.165) is 36.4 Å². The topological polar surface area (TPSA) is 107 Å². The highest BCUT2D eigenvalue weighted by Gasteiger charge is 2.12. The number of carbonyl (C=O) groups is 2. The molecule has 0 radical (unpaired) electrons. The van der Waals surface area contributed by atoms with Crippen LogP contribution in [0, 0.1) is 0 Å². The van der Waals surface area contributed by atoms with Crippen molar-refractivity contribution in [1.82, 2.24) is 20.2 Å². The van der Waals surface area contributed by atoms with Crippen LogP contribution in [0.2, 0.25) is 0 Å². The van der Waals surface area contributed by atoms with Crippen LogP contribution >= 0.6 is 0 Å². The normalized spacial score (nSPS) is 13.6. The van der Waals surface area contributed by atoms with Crippen molar-refractivity contribution in [2.24, 2.45) is 0 Å².